The zero-order chi connectivity index (χ0) is 24.8. The summed E-state index contributed by atoms with van der Waals surface area (Å²) in [4.78, 5) is 50.2. The van der Waals surface area contributed by atoms with Crippen LogP contribution in [-0.4, -0.2) is 67.3 Å². The normalized spacial score (nSPS) is 24.9. The van der Waals surface area contributed by atoms with Crippen molar-refractivity contribution in [3.63, 3.8) is 0 Å². The van der Waals surface area contributed by atoms with Crippen molar-refractivity contribution in [3.8, 4) is 0 Å². The fourth-order valence-corrected chi connectivity index (χ4v) is 3.92. The van der Waals surface area contributed by atoms with E-state index >= 15 is 0 Å². The summed E-state index contributed by atoms with van der Waals surface area (Å²) < 4.78 is 46.4. The molecule has 0 bridgehead atoms. The van der Waals surface area contributed by atoms with Gasteiger partial charge < -0.3 is 20.7 Å². The summed E-state index contributed by atoms with van der Waals surface area (Å²) in [5, 5.41) is 7.69. The van der Waals surface area contributed by atoms with E-state index in [0.717, 1.165) is 0 Å². The van der Waals surface area contributed by atoms with E-state index in [1.54, 1.807) is 6.92 Å². The molecule has 0 aliphatic carbocycles. The summed E-state index contributed by atoms with van der Waals surface area (Å²) in [5.41, 5.74) is -1.08. The van der Waals surface area contributed by atoms with Crippen LogP contribution in [0.3, 0.4) is 0 Å². The number of nitrogens with one attached hydrogen (secondary N) is 3. The van der Waals surface area contributed by atoms with E-state index in [0.29, 0.717) is 32.4 Å². The van der Waals surface area contributed by atoms with Crippen molar-refractivity contribution < 1.29 is 41.8 Å². The number of amides is 3. The van der Waals surface area contributed by atoms with E-state index in [4.69, 9.17) is 4.74 Å². The van der Waals surface area contributed by atoms with Crippen molar-refractivity contribution in [1.82, 2.24) is 16.0 Å². The number of rotatable bonds is 11. The molecule has 3 amide bonds. The zero-order valence-corrected chi connectivity index (χ0v) is 19.0. The lowest BCUT2D eigenvalue weighted by Gasteiger charge is -2.28. The van der Waals surface area contributed by atoms with Gasteiger partial charge in [0.25, 0.3) is 5.91 Å². The van der Waals surface area contributed by atoms with Crippen LogP contribution in [0.25, 0.3) is 0 Å². The Morgan fingerprint density at radius 2 is 1.94 bits per heavy atom. The molecule has 9 nitrogen and oxygen atoms in total. The van der Waals surface area contributed by atoms with Crippen LogP contribution in [0, 0.1) is 11.8 Å². The van der Waals surface area contributed by atoms with Crippen molar-refractivity contribution in [2.24, 2.45) is 11.8 Å². The Bertz CT molecular complexity index is 737. The number of carbonyl (C=O) groups excluding carboxylic acids is 4. The second-order valence-corrected chi connectivity index (χ2v) is 9.11. The summed E-state index contributed by atoms with van der Waals surface area (Å²) in [6, 6.07) is -2.41. The summed E-state index contributed by atoms with van der Waals surface area (Å²) in [6.45, 7) is 4.80. The molecule has 0 radical (unpaired) electrons. The second kappa shape index (κ2) is 11.3. The molecular weight excluding hydrogens is 447 g/mol. The molecule has 2 fully saturated rings. The first-order chi connectivity index (χ1) is 15.3. The first-order valence-corrected chi connectivity index (χ1v) is 11.1. The van der Waals surface area contributed by atoms with Gasteiger partial charge in [-0.05, 0) is 44.9 Å². The molecule has 2 aliphatic rings. The minimum Gasteiger partial charge on any atom is -0.365 e. The number of Topliss-reactive ketones (excluding diaryl/α,β-unsaturated/α-hetero) is 1. The Hall–Kier alpha value is -2.21. The molecule has 3 N–H and O–H groups in total. The first-order valence-electron chi connectivity index (χ1n) is 11.1. The van der Waals surface area contributed by atoms with Gasteiger partial charge in [0.1, 0.15) is 18.2 Å². The average molecular weight is 479 g/mol. The Morgan fingerprint density at radius 1 is 1.24 bits per heavy atom. The van der Waals surface area contributed by atoms with Gasteiger partial charge in [-0.1, -0.05) is 13.8 Å². The first kappa shape index (κ1) is 27.0. The Morgan fingerprint density at radius 3 is 2.45 bits per heavy atom. The lowest BCUT2D eigenvalue weighted by Crippen LogP contribution is -2.56. The van der Waals surface area contributed by atoms with Crippen LogP contribution >= 0.6 is 0 Å². The van der Waals surface area contributed by atoms with Gasteiger partial charge >= 0.3 is 6.36 Å². The van der Waals surface area contributed by atoms with E-state index in [1.165, 1.54) is 0 Å². The Kier molecular flexibility index (Phi) is 9.24. The topological polar surface area (TPSA) is 123 Å². The quantitative estimate of drug-likeness (QED) is 0.409. The monoisotopic (exact) mass is 479 g/mol. The molecule has 0 saturated carbocycles. The highest BCUT2D eigenvalue weighted by molar-refractivity contribution is 5.95. The average Bonchev–Trinajstić information content (AvgIpc) is 3.33. The fourth-order valence-electron chi connectivity index (χ4n) is 3.92. The van der Waals surface area contributed by atoms with Gasteiger partial charge in [0.2, 0.25) is 11.8 Å². The summed E-state index contributed by atoms with van der Waals surface area (Å²) in [7, 11) is 0. The fraction of sp³-hybridized carbons (Fsp3) is 0.810. The van der Waals surface area contributed by atoms with E-state index in [-0.39, 0.29) is 24.7 Å². The van der Waals surface area contributed by atoms with Crippen LogP contribution in [0.1, 0.15) is 52.9 Å². The number of hydrogen-bond acceptors (Lipinski definition) is 6. The van der Waals surface area contributed by atoms with Gasteiger partial charge in [0.05, 0.1) is 6.04 Å². The van der Waals surface area contributed by atoms with E-state index in [1.807, 2.05) is 13.8 Å². The third-order valence-corrected chi connectivity index (χ3v) is 5.79. The highest BCUT2D eigenvalue weighted by Crippen LogP contribution is 2.26. The predicted octanol–water partition coefficient (Wildman–Crippen LogP) is 1.20. The maximum Gasteiger partial charge on any atom is 0.522 e. The molecular formula is C21H32F3N3O6. The van der Waals surface area contributed by atoms with Gasteiger partial charge in [-0.15, -0.1) is 13.2 Å². The third-order valence-electron chi connectivity index (χ3n) is 5.79. The number of alkyl halides is 3. The Balaban J connectivity index is 2.13. The molecule has 2 saturated heterocycles. The molecule has 4 unspecified atom stereocenters. The van der Waals surface area contributed by atoms with Crippen molar-refractivity contribution in [3.05, 3.63) is 0 Å². The van der Waals surface area contributed by atoms with Crippen LogP contribution in [0.15, 0.2) is 0 Å². The molecule has 2 rings (SSSR count). The number of halogens is 3. The van der Waals surface area contributed by atoms with E-state index < -0.39 is 54.2 Å². The molecule has 12 heteroatoms. The SMILES string of the molecule is CC(C)CC(NC(=O)C1(C)CCCO1)C(=O)NC(CC1CCNC1=O)C(=O)COC(F)(F)F. The highest BCUT2D eigenvalue weighted by atomic mass is 19.4. The van der Waals surface area contributed by atoms with Crippen molar-refractivity contribution in [1.29, 1.82) is 0 Å². The maximum absolute atomic E-state index is 13.0. The van der Waals surface area contributed by atoms with Crippen LogP contribution in [0.2, 0.25) is 0 Å². The number of ether oxygens (including phenoxy) is 2. The highest BCUT2D eigenvalue weighted by Gasteiger charge is 2.40. The van der Waals surface area contributed by atoms with Crippen molar-refractivity contribution in [2.75, 3.05) is 19.8 Å². The molecule has 2 aliphatic heterocycles. The zero-order valence-electron chi connectivity index (χ0n) is 19.0. The van der Waals surface area contributed by atoms with Crippen LogP contribution in [0.4, 0.5) is 13.2 Å². The molecule has 188 valence electrons. The predicted molar refractivity (Wildman–Crippen MR) is 110 cm³/mol. The largest absolute Gasteiger partial charge is 0.522 e. The number of ketones is 1. The van der Waals surface area contributed by atoms with Crippen LogP contribution in [-0.2, 0) is 28.7 Å². The molecule has 0 spiro atoms. The molecule has 33 heavy (non-hydrogen) atoms. The minimum atomic E-state index is -5.01. The minimum absolute atomic E-state index is 0.0123. The van der Waals surface area contributed by atoms with Crippen molar-refractivity contribution >= 4 is 23.5 Å². The molecule has 0 aromatic heterocycles. The van der Waals surface area contributed by atoms with Crippen LogP contribution in [0.5, 0.6) is 0 Å². The van der Waals surface area contributed by atoms with Crippen molar-refractivity contribution in [2.45, 2.75) is 76.9 Å². The maximum atomic E-state index is 13.0. The number of carbonyl (C=O) groups is 4. The second-order valence-electron chi connectivity index (χ2n) is 9.11. The van der Waals surface area contributed by atoms with Gasteiger partial charge in [-0.25, -0.2) is 0 Å². The summed E-state index contributed by atoms with van der Waals surface area (Å²) in [5.74, 6) is -3.18. The third kappa shape index (κ3) is 8.26. The summed E-state index contributed by atoms with van der Waals surface area (Å²) >= 11 is 0. The van der Waals surface area contributed by atoms with Gasteiger partial charge in [0, 0.05) is 19.1 Å². The smallest absolute Gasteiger partial charge is 0.365 e. The molecule has 0 aromatic carbocycles. The lowest BCUT2D eigenvalue weighted by molar-refractivity contribution is -0.321. The van der Waals surface area contributed by atoms with Gasteiger partial charge in [0.15, 0.2) is 5.78 Å². The molecule has 4 atom stereocenters. The van der Waals surface area contributed by atoms with Crippen LogP contribution < -0.4 is 16.0 Å². The molecule has 2 heterocycles. The number of hydrogen-bond donors (Lipinski definition) is 3. The van der Waals surface area contributed by atoms with E-state index in [2.05, 4.69) is 20.7 Å². The summed E-state index contributed by atoms with van der Waals surface area (Å²) in [6.07, 6.45) is -3.37. The van der Waals surface area contributed by atoms with Gasteiger partial charge in [-0.3, -0.25) is 23.9 Å². The Labute approximate surface area is 190 Å². The van der Waals surface area contributed by atoms with E-state index in [9.17, 15) is 32.3 Å². The molecule has 0 aromatic rings. The lowest BCUT2D eigenvalue weighted by atomic mass is 9.94. The van der Waals surface area contributed by atoms with Gasteiger partial charge in [-0.2, -0.15) is 0 Å². The standard InChI is InChI=1S/C21H32F3N3O6/c1-12(2)9-15(27-19(31)20(3)6-4-8-32-20)18(30)26-14(10-13-5-7-25-17(13)29)16(28)11-33-21(22,23)24/h12-15H,4-11H2,1-3H3,(H,25,29)(H,26,30)(H,27,31).